The Hall–Kier alpha value is -1.69. The number of aromatic nitrogens is 1. The van der Waals surface area contributed by atoms with E-state index in [0.717, 1.165) is 12.8 Å². The highest BCUT2D eigenvalue weighted by Gasteiger charge is 2.21. The van der Waals surface area contributed by atoms with Crippen molar-refractivity contribution in [3.63, 3.8) is 0 Å². The van der Waals surface area contributed by atoms with Crippen molar-refractivity contribution in [3.8, 4) is 0 Å². The quantitative estimate of drug-likeness (QED) is 0.615. The molecule has 6 heteroatoms. The van der Waals surface area contributed by atoms with Crippen molar-refractivity contribution in [2.75, 3.05) is 5.32 Å². The minimum absolute atomic E-state index is 0.00323. The van der Waals surface area contributed by atoms with E-state index in [2.05, 4.69) is 10.3 Å². The summed E-state index contributed by atoms with van der Waals surface area (Å²) in [6.07, 6.45) is 5.65. The van der Waals surface area contributed by atoms with E-state index in [0.29, 0.717) is 5.82 Å². The Morgan fingerprint density at radius 3 is 2.76 bits per heavy atom. The summed E-state index contributed by atoms with van der Waals surface area (Å²) in [4.78, 5) is 14.0. The van der Waals surface area contributed by atoms with Gasteiger partial charge in [-0.25, -0.2) is 4.98 Å². The highest BCUT2D eigenvalue weighted by atomic mass is 16.6. The van der Waals surface area contributed by atoms with Crippen molar-refractivity contribution in [1.82, 2.24) is 4.98 Å². The normalized spacial score (nSPS) is 24.3. The molecule has 1 aromatic rings. The number of nitrogens with two attached hydrogens (primary N) is 1. The summed E-state index contributed by atoms with van der Waals surface area (Å²) in [6, 6.07) is 3.43. The zero-order valence-corrected chi connectivity index (χ0v) is 9.50. The predicted octanol–water partition coefficient (Wildman–Crippen LogP) is 1.67. The molecule has 17 heavy (non-hydrogen) atoms. The molecule has 1 aliphatic rings. The van der Waals surface area contributed by atoms with Gasteiger partial charge in [0.25, 0.3) is 5.69 Å². The average molecular weight is 236 g/mol. The first-order valence-electron chi connectivity index (χ1n) is 5.79. The number of hydrogen-bond acceptors (Lipinski definition) is 5. The van der Waals surface area contributed by atoms with Crippen molar-refractivity contribution < 1.29 is 4.92 Å². The van der Waals surface area contributed by atoms with Crippen LogP contribution in [0.1, 0.15) is 25.7 Å². The third-order valence-electron chi connectivity index (χ3n) is 3.11. The lowest BCUT2D eigenvalue weighted by Crippen LogP contribution is -2.42. The fourth-order valence-corrected chi connectivity index (χ4v) is 2.11. The van der Waals surface area contributed by atoms with Crippen molar-refractivity contribution in [1.29, 1.82) is 0 Å². The molecule has 1 fully saturated rings. The van der Waals surface area contributed by atoms with Crippen LogP contribution in [0.25, 0.3) is 0 Å². The summed E-state index contributed by atoms with van der Waals surface area (Å²) in [5.41, 5.74) is 6.01. The molecule has 0 saturated heterocycles. The molecule has 1 aliphatic carbocycles. The number of nitrogens with zero attached hydrogens (tertiary/aromatic N) is 2. The molecule has 0 radical (unpaired) electrons. The minimum Gasteiger partial charge on any atom is -0.366 e. The maximum absolute atomic E-state index is 10.5. The Kier molecular flexibility index (Phi) is 3.53. The second-order valence-corrected chi connectivity index (χ2v) is 4.36. The highest BCUT2D eigenvalue weighted by molar-refractivity contribution is 5.41. The second kappa shape index (κ2) is 5.09. The molecule has 0 spiro atoms. The van der Waals surface area contributed by atoms with Crippen LogP contribution < -0.4 is 11.1 Å². The van der Waals surface area contributed by atoms with Crippen LogP contribution in [0.4, 0.5) is 11.5 Å². The molecule has 92 valence electrons. The van der Waals surface area contributed by atoms with Crippen LogP contribution in [0.15, 0.2) is 18.3 Å². The summed E-state index contributed by atoms with van der Waals surface area (Å²) >= 11 is 0. The van der Waals surface area contributed by atoms with E-state index >= 15 is 0 Å². The van der Waals surface area contributed by atoms with Crippen molar-refractivity contribution in [2.45, 2.75) is 37.8 Å². The summed E-state index contributed by atoms with van der Waals surface area (Å²) < 4.78 is 0. The zero-order valence-electron chi connectivity index (χ0n) is 9.50. The van der Waals surface area contributed by atoms with Gasteiger partial charge >= 0.3 is 0 Å². The lowest BCUT2D eigenvalue weighted by atomic mass is 9.91. The lowest BCUT2D eigenvalue weighted by Gasteiger charge is -2.29. The van der Waals surface area contributed by atoms with Gasteiger partial charge in [-0.1, -0.05) is 12.8 Å². The molecule has 1 heterocycles. The van der Waals surface area contributed by atoms with Gasteiger partial charge in [0.1, 0.15) is 12.0 Å². The van der Waals surface area contributed by atoms with Gasteiger partial charge in [0.15, 0.2) is 0 Å². The van der Waals surface area contributed by atoms with Gasteiger partial charge in [0.05, 0.1) is 4.92 Å². The topological polar surface area (TPSA) is 94.1 Å². The molecule has 0 aromatic carbocycles. The standard InChI is InChI=1S/C11H16N4O2/c12-9-3-1-2-4-10(9)14-11-6-5-8(7-13-11)15(16)17/h5-7,9-10H,1-4,12H2,(H,13,14)/t9-,10-/m0/s1. The first-order valence-corrected chi connectivity index (χ1v) is 5.79. The Morgan fingerprint density at radius 1 is 1.41 bits per heavy atom. The van der Waals surface area contributed by atoms with Crippen LogP contribution in [-0.4, -0.2) is 22.0 Å². The molecule has 2 rings (SSSR count). The fraction of sp³-hybridized carbons (Fsp3) is 0.545. The highest BCUT2D eigenvalue weighted by Crippen LogP contribution is 2.21. The van der Waals surface area contributed by atoms with Crippen LogP contribution in [0, 0.1) is 10.1 Å². The number of hydrogen-bond donors (Lipinski definition) is 2. The minimum atomic E-state index is -0.455. The third-order valence-corrected chi connectivity index (χ3v) is 3.11. The van der Waals surface area contributed by atoms with E-state index in [-0.39, 0.29) is 17.8 Å². The van der Waals surface area contributed by atoms with Crippen LogP contribution in [0.5, 0.6) is 0 Å². The van der Waals surface area contributed by atoms with Crippen molar-refractivity contribution in [3.05, 3.63) is 28.4 Å². The fourth-order valence-electron chi connectivity index (χ4n) is 2.11. The van der Waals surface area contributed by atoms with E-state index in [1.54, 1.807) is 6.07 Å². The van der Waals surface area contributed by atoms with Crippen LogP contribution in [0.2, 0.25) is 0 Å². The molecule has 2 atom stereocenters. The maximum Gasteiger partial charge on any atom is 0.287 e. The molecule has 0 bridgehead atoms. The first-order chi connectivity index (χ1) is 8.16. The van der Waals surface area contributed by atoms with E-state index in [4.69, 9.17) is 5.73 Å². The third kappa shape index (κ3) is 2.91. The number of nitro groups is 1. The zero-order chi connectivity index (χ0) is 12.3. The number of anilines is 1. The molecule has 0 amide bonds. The predicted molar refractivity (Wildman–Crippen MR) is 64.7 cm³/mol. The van der Waals surface area contributed by atoms with E-state index < -0.39 is 4.92 Å². The maximum atomic E-state index is 10.5. The number of pyridine rings is 1. The first kappa shape index (κ1) is 11.8. The Bertz CT molecular complexity index is 393. The summed E-state index contributed by atoms with van der Waals surface area (Å²) in [6.45, 7) is 0. The molecule has 3 N–H and O–H groups in total. The summed E-state index contributed by atoms with van der Waals surface area (Å²) in [7, 11) is 0. The second-order valence-electron chi connectivity index (χ2n) is 4.36. The van der Waals surface area contributed by atoms with E-state index in [1.807, 2.05) is 0 Å². The van der Waals surface area contributed by atoms with Gasteiger partial charge in [-0.15, -0.1) is 0 Å². The monoisotopic (exact) mass is 236 g/mol. The lowest BCUT2D eigenvalue weighted by molar-refractivity contribution is -0.385. The van der Waals surface area contributed by atoms with Crippen LogP contribution in [-0.2, 0) is 0 Å². The molecule has 0 unspecified atom stereocenters. The summed E-state index contributed by atoms with van der Waals surface area (Å²) in [5, 5.41) is 13.7. The van der Waals surface area contributed by atoms with E-state index in [9.17, 15) is 10.1 Å². The Balaban J connectivity index is 2.00. The van der Waals surface area contributed by atoms with Gasteiger partial charge in [0, 0.05) is 18.2 Å². The molecular weight excluding hydrogens is 220 g/mol. The molecule has 1 aromatic heterocycles. The molecule has 6 nitrogen and oxygen atoms in total. The average Bonchev–Trinajstić information content (AvgIpc) is 2.33. The van der Waals surface area contributed by atoms with Crippen molar-refractivity contribution >= 4 is 11.5 Å². The number of nitrogens with one attached hydrogen (secondary N) is 1. The smallest absolute Gasteiger partial charge is 0.287 e. The Labute approximate surface area is 99.4 Å². The van der Waals surface area contributed by atoms with Gasteiger partial charge in [-0.3, -0.25) is 10.1 Å². The molecular formula is C11H16N4O2. The number of rotatable bonds is 3. The Morgan fingerprint density at radius 2 is 2.18 bits per heavy atom. The van der Waals surface area contributed by atoms with Crippen LogP contribution >= 0.6 is 0 Å². The van der Waals surface area contributed by atoms with Crippen LogP contribution in [0.3, 0.4) is 0 Å². The van der Waals surface area contributed by atoms with E-state index in [1.165, 1.54) is 25.1 Å². The van der Waals surface area contributed by atoms with Crippen molar-refractivity contribution in [2.24, 2.45) is 5.73 Å². The van der Waals surface area contributed by atoms with Gasteiger partial charge < -0.3 is 11.1 Å². The van der Waals surface area contributed by atoms with Gasteiger partial charge in [-0.05, 0) is 18.9 Å². The summed E-state index contributed by atoms with van der Waals surface area (Å²) in [5.74, 6) is 0.651. The van der Waals surface area contributed by atoms with Gasteiger partial charge in [0.2, 0.25) is 0 Å². The largest absolute Gasteiger partial charge is 0.366 e. The van der Waals surface area contributed by atoms with Gasteiger partial charge in [-0.2, -0.15) is 0 Å². The SMILES string of the molecule is N[C@H]1CCCC[C@@H]1Nc1ccc([N+](=O)[O-])cn1. The molecule has 0 aliphatic heterocycles. The molecule has 1 saturated carbocycles.